The summed E-state index contributed by atoms with van der Waals surface area (Å²) in [5.74, 6) is -0.752. The van der Waals surface area contributed by atoms with E-state index in [2.05, 4.69) is 15.5 Å². The Bertz CT molecular complexity index is 569. The zero-order valence-corrected chi connectivity index (χ0v) is 10.6. The first-order valence-corrected chi connectivity index (χ1v) is 5.75. The molecule has 0 aliphatic heterocycles. The first-order chi connectivity index (χ1) is 9.11. The van der Waals surface area contributed by atoms with E-state index in [0.29, 0.717) is 5.56 Å². The van der Waals surface area contributed by atoms with Gasteiger partial charge in [0.2, 0.25) is 0 Å². The van der Waals surface area contributed by atoms with E-state index in [-0.39, 0.29) is 17.7 Å². The number of ether oxygens (including phenoxy) is 1. The first-order valence-electron chi connectivity index (χ1n) is 5.75. The van der Waals surface area contributed by atoms with Gasteiger partial charge in [0, 0.05) is 17.3 Å². The number of aromatic nitrogens is 2. The first kappa shape index (κ1) is 13.1. The van der Waals surface area contributed by atoms with Crippen LogP contribution in [-0.2, 0) is 0 Å². The maximum absolute atomic E-state index is 13.3. The lowest BCUT2D eigenvalue weighted by Gasteiger charge is -2.12. The largest absolute Gasteiger partial charge is 0.494 e. The highest BCUT2D eigenvalue weighted by Gasteiger charge is 2.14. The molecule has 5 nitrogen and oxygen atoms in total. The van der Waals surface area contributed by atoms with Gasteiger partial charge in [-0.25, -0.2) is 4.39 Å². The van der Waals surface area contributed by atoms with Crippen LogP contribution in [0.2, 0.25) is 0 Å². The van der Waals surface area contributed by atoms with Crippen LogP contribution in [-0.4, -0.2) is 23.2 Å². The van der Waals surface area contributed by atoms with Crippen molar-refractivity contribution in [3.05, 3.63) is 47.5 Å². The molecule has 1 aromatic carbocycles. The normalized spacial score (nSPS) is 11.9. The number of nitrogens with one attached hydrogen (secondary N) is 2. The number of hydrogen-bond donors (Lipinski definition) is 2. The third kappa shape index (κ3) is 2.90. The van der Waals surface area contributed by atoms with E-state index in [1.807, 2.05) is 6.92 Å². The van der Waals surface area contributed by atoms with Crippen molar-refractivity contribution in [1.29, 1.82) is 0 Å². The smallest absolute Gasteiger partial charge is 0.251 e. The molecule has 0 aliphatic rings. The number of carbonyl (C=O) groups excluding carboxylic acids is 1. The number of rotatable bonds is 4. The Morgan fingerprint density at radius 3 is 2.95 bits per heavy atom. The average Bonchev–Trinajstić information content (AvgIpc) is 2.93. The number of carbonyl (C=O) groups is 1. The van der Waals surface area contributed by atoms with Crippen molar-refractivity contribution in [2.24, 2.45) is 0 Å². The van der Waals surface area contributed by atoms with Crippen LogP contribution in [0, 0.1) is 5.82 Å². The fourth-order valence-electron chi connectivity index (χ4n) is 1.66. The van der Waals surface area contributed by atoms with E-state index in [9.17, 15) is 9.18 Å². The number of methoxy groups -OCH3 is 1. The van der Waals surface area contributed by atoms with Crippen molar-refractivity contribution in [3.8, 4) is 5.75 Å². The fourth-order valence-corrected chi connectivity index (χ4v) is 1.66. The lowest BCUT2D eigenvalue weighted by Crippen LogP contribution is -2.26. The molecule has 0 saturated carbocycles. The van der Waals surface area contributed by atoms with Crippen molar-refractivity contribution in [3.63, 3.8) is 0 Å². The van der Waals surface area contributed by atoms with Crippen LogP contribution < -0.4 is 10.1 Å². The van der Waals surface area contributed by atoms with E-state index in [1.165, 1.54) is 25.3 Å². The summed E-state index contributed by atoms with van der Waals surface area (Å²) in [6.45, 7) is 1.84. The number of nitrogens with zero attached hydrogens (tertiary/aromatic N) is 1. The fraction of sp³-hybridized carbons (Fsp3) is 0.231. The molecular formula is C13H14FN3O2. The van der Waals surface area contributed by atoms with Crippen molar-refractivity contribution in [1.82, 2.24) is 15.5 Å². The van der Waals surface area contributed by atoms with Crippen LogP contribution in [0.15, 0.2) is 30.6 Å². The van der Waals surface area contributed by atoms with Crippen LogP contribution in [0.4, 0.5) is 4.39 Å². The van der Waals surface area contributed by atoms with Gasteiger partial charge in [-0.1, -0.05) is 0 Å². The van der Waals surface area contributed by atoms with Crippen LogP contribution in [0.5, 0.6) is 5.75 Å². The summed E-state index contributed by atoms with van der Waals surface area (Å²) >= 11 is 0. The Kier molecular flexibility index (Phi) is 3.79. The Hall–Kier alpha value is -2.37. The van der Waals surface area contributed by atoms with Gasteiger partial charge in [-0.05, 0) is 25.1 Å². The maximum atomic E-state index is 13.3. The van der Waals surface area contributed by atoms with Crippen molar-refractivity contribution in [2.45, 2.75) is 13.0 Å². The summed E-state index contributed by atoms with van der Waals surface area (Å²) in [6, 6.07) is 3.79. The molecule has 0 fully saturated rings. The third-order valence-electron chi connectivity index (χ3n) is 2.78. The topological polar surface area (TPSA) is 67.0 Å². The Labute approximate surface area is 109 Å². The maximum Gasteiger partial charge on any atom is 0.251 e. The molecule has 100 valence electrons. The van der Waals surface area contributed by atoms with Gasteiger partial charge >= 0.3 is 0 Å². The predicted octanol–water partition coefficient (Wildman–Crippen LogP) is 2.05. The highest BCUT2D eigenvalue weighted by molar-refractivity contribution is 5.94. The van der Waals surface area contributed by atoms with Gasteiger partial charge in [0.15, 0.2) is 11.6 Å². The number of halogens is 1. The molecule has 0 aliphatic carbocycles. The molecule has 0 saturated heterocycles. The number of hydrogen-bond acceptors (Lipinski definition) is 3. The number of H-pyrrole nitrogens is 1. The highest BCUT2D eigenvalue weighted by atomic mass is 19.1. The van der Waals surface area contributed by atoms with Crippen LogP contribution in [0.25, 0.3) is 0 Å². The van der Waals surface area contributed by atoms with E-state index < -0.39 is 5.82 Å². The molecule has 1 atom stereocenters. The van der Waals surface area contributed by atoms with Crippen molar-refractivity contribution < 1.29 is 13.9 Å². The van der Waals surface area contributed by atoms with Gasteiger partial charge in [0.05, 0.1) is 19.3 Å². The number of amides is 1. The van der Waals surface area contributed by atoms with Crippen LogP contribution >= 0.6 is 0 Å². The summed E-state index contributed by atoms with van der Waals surface area (Å²) < 4.78 is 18.1. The van der Waals surface area contributed by atoms with E-state index in [1.54, 1.807) is 12.4 Å². The van der Waals surface area contributed by atoms with Gasteiger partial charge in [-0.15, -0.1) is 0 Å². The van der Waals surface area contributed by atoms with Crippen LogP contribution in [0.1, 0.15) is 28.9 Å². The zero-order valence-electron chi connectivity index (χ0n) is 10.6. The van der Waals surface area contributed by atoms with E-state index in [0.717, 1.165) is 5.56 Å². The minimum absolute atomic E-state index is 0.0450. The molecule has 1 aromatic heterocycles. The van der Waals surface area contributed by atoms with Gasteiger partial charge in [0.1, 0.15) is 0 Å². The molecular weight excluding hydrogens is 249 g/mol. The van der Waals surface area contributed by atoms with E-state index in [4.69, 9.17) is 4.74 Å². The van der Waals surface area contributed by atoms with Gasteiger partial charge < -0.3 is 10.1 Å². The Balaban J connectivity index is 2.12. The summed E-state index contributed by atoms with van der Waals surface area (Å²) in [4.78, 5) is 12.0. The zero-order chi connectivity index (χ0) is 13.8. The summed E-state index contributed by atoms with van der Waals surface area (Å²) in [7, 11) is 1.36. The number of aromatic amines is 1. The lowest BCUT2D eigenvalue weighted by molar-refractivity contribution is 0.0939. The molecule has 6 heteroatoms. The average molecular weight is 263 g/mol. The molecule has 0 spiro atoms. The van der Waals surface area contributed by atoms with Crippen molar-refractivity contribution in [2.75, 3.05) is 7.11 Å². The predicted molar refractivity (Wildman–Crippen MR) is 67.4 cm³/mol. The SMILES string of the molecule is COc1cc(C(=O)NC(C)c2cn[nH]c2)ccc1F. The summed E-state index contributed by atoms with van der Waals surface area (Å²) in [5, 5.41) is 9.29. The third-order valence-corrected chi connectivity index (χ3v) is 2.78. The molecule has 1 amide bonds. The Morgan fingerprint density at radius 2 is 2.32 bits per heavy atom. The molecule has 2 rings (SSSR count). The second-order valence-electron chi connectivity index (χ2n) is 4.08. The molecule has 19 heavy (non-hydrogen) atoms. The van der Waals surface area contributed by atoms with Gasteiger partial charge in [-0.3, -0.25) is 9.89 Å². The van der Waals surface area contributed by atoms with Crippen LogP contribution in [0.3, 0.4) is 0 Å². The summed E-state index contributed by atoms with van der Waals surface area (Å²) in [6.07, 6.45) is 3.34. The second kappa shape index (κ2) is 5.51. The quantitative estimate of drug-likeness (QED) is 0.887. The minimum atomic E-state index is -0.498. The monoisotopic (exact) mass is 263 g/mol. The van der Waals surface area contributed by atoms with Gasteiger partial charge in [-0.2, -0.15) is 5.10 Å². The summed E-state index contributed by atoms with van der Waals surface area (Å²) in [5.41, 5.74) is 1.20. The molecule has 0 bridgehead atoms. The molecule has 0 radical (unpaired) electrons. The van der Waals surface area contributed by atoms with Gasteiger partial charge in [0.25, 0.3) is 5.91 Å². The minimum Gasteiger partial charge on any atom is -0.494 e. The highest BCUT2D eigenvalue weighted by Crippen LogP contribution is 2.19. The van der Waals surface area contributed by atoms with E-state index >= 15 is 0 Å². The molecule has 2 aromatic rings. The molecule has 1 heterocycles. The molecule has 1 unspecified atom stereocenters. The van der Waals surface area contributed by atoms with Crippen molar-refractivity contribution >= 4 is 5.91 Å². The Morgan fingerprint density at radius 1 is 1.53 bits per heavy atom. The lowest BCUT2D eigenvalue weighted by atomic mass is 10.1. The number of benzene rings is 1. The second-order valence-corrected chi connectivity index (χ2v) is 4.08. The molecule has 2 N–H and O–H groups in total. The standard InChI is InChI=1S/C13H14FN3O2/c1-8(10-6-15-16-7-10)17-13(18)9-3-4-11(14)12(5-9)19-2/h3-8H,1-2H3,(H,15,16)(H,17,18).